The molecule has 0 unspecified atom stereocenters. The van der Waals surface area contributed by atoms with Gasteiger partial charge in [-0.15, -0.1) is 0 Å². The molecule has 0 radical (unpaired) electrons. The van der Waals surface area contributed by atoms with Crippen LogP contribution in [0.1, 0.15) is 21.8 Å². The summed E-state index contributed by atoms with van der Waals surface area (Å²) in [6.07, 6.45) is 2.81. The first kappa shape index (κ1) is 22.0. The first-order chi connectivity index (χ1) is 14.7. The number of halogens is 3. The second-order valence-corrected chi connectivity index (χ2v) is 10.2. The number of carbonyl (C=O) groups excluding carboxylic acids is 1. The Morgan fingerprint density at radius 3 is 2.42 bits per heavy atom. The predicted octanol–water partition coefficient (Wildman–Crippen LogP) is 4.15. The van der Waals surface area contributed by atoms with E-state index >= 15 is 0 Å². The monoisotopic (exact) mass is 481 g/mol. The first-order valence-corrected chi connectivity index (χ1v) is 11.6. The second kappa shape index (κ2) is 8.35. The highest BCUT2D eigenvalue weighted by atomic mass is 35.5. The van der Waals surface area contributed by atoms with Crippen LogP contribution in [0.2, 0.25) is 10.0 Å². The van der Waals surface area contributed by atoms with Crippen molar-refractivity contribution in [1.29, 1.82) is 0 Å². The normalized spacial score (nSPS) is 19.6. The molecule has 1 aliphatic heterocycles. The van der Waals surface area contributed by atoms with Gasteiger partial charge in [0.2, 0.25) is 0 Å². The molecule has 6 nitrogen and oxygen atoms in total. The summed E-state index contributed by atoms with van der Waals surface area (Å²) in [6, 6.07) is 10.3. The van der Waals surface area contributed by atoms with Crippen LogP contribution < -0.4 is 0 Å². The lowest BCUT2D eigenvalue weighted by molar-refractivity contribution is 0.0918. The molecule has 2 aromatic carbocycles. The lowest BCUT2D eigenvalue weighted by Gasteiger charge is -2.18. The van der Waals surface area contributed by atoms with Gasteiger partial charge in [0.05, 0.1) is 16.4 Å². The summed E-state index contributed by atoms with van der Waals surface area (Å²) in [6.45, 7) is 0.0439. The molecular formula is C21H18Cl2FN3O3S. The molecule has 0 amide bonds. The molecule has 2 atom stereocenters. The average molecular weight is 482 g/mol. The Kier molecular flexibility index (Phi) is 5.91. The zero-order chi connectivity index (χ0) is 22.3. The molecule has 31 heavy (non-hydrogen) atoms. The lowest BCUT2D eigenvalue weighted by atomic mass is 9.84. The Morgan fingerprint density at radius 2 is 1.81 bits per heavy atom. The van der Waals surface area contributed by atoms with Crippen LogP contribution in [0.15, 0.2) is 60.0 Å². The minimum absolute atomic E-state index is 0.0277. The van der Waals surface area contributed by atoms with Crippen LogP contribution in [0, 0.1) is 11.7 Å². The Morgan fingerprint density at radius 1 is 1.10 bits per heavy atom. The topological polar surface area (TPSA) is 72.3 Å². The van der Waals surface area contributed by atoms with E-state index in [9.17, 15) is 17.6 Å². The van der Waals surface area contributed by atoms with Crippen molar-refractivity contribution in [3.8, 4) is 0 Å². The molecule has 10 heteroatoms. The number of hydrogen-bond donors (Lipinski definition) is 0. The molecule has 2 heterocycles. The van der Waals surface area contributed by atoms with E-state index in [4.69, 9.17) is 23.2 Å². The van der Waals surface area contributed by atoms with Crippen molar-refractivity contribution in [1.82, 2.24) is 13.9 Å². The molecule has 0 spiro atoms. The van der Waals surface area contributed by atoms with Crippen molar-refractivity contribution < 1.29 is 17.6 Å². The van der Waals surface area contributed by atoms with E-state index in [2.05, 4.69) is 4.98 Å². The SMILES string of the molecule is Cn1cnc(S(=O)(=O)N2C[C@H](C(=O)c3ccc(Cl)c(Cl)c3)[C@@H](c3ccc(F)cc3)C2)c1. The summed E-state index contributed by atoms with van der Waals surface area (Å²) < 4.78 is 42.5. The van der Waals surface area contributed by atoms with E-state index in [-0.39, 0.29) is 28.9 Å². The van der Waals surface area contributed by atoms with Crippen LogP contribution in [0.25, 0.3) is 0 Å². The highest BCUT2D eigenvalue weighted by Crippen LogP contribution is 2.38. The Labute approximate surface area is 189 Å². The standard InChI is InChI=1S/C21H18Cl2FN3O3S/c1-26-11-20(25-12-26)31(29,30)27-9-16(13-2-5-15(24)6-3-13)17(10-27)21(28)14-4-7-18(22)19(23)8-14/h2-8,11-12,16-17H,9-10H2,1H3/t16-,17+/m1/s1. The van der Waals surface area contributed by atoms with Crippen LogP contribution in [0.3, 0.4) is 0 Å². The van der Waals surface area contributed by atoms with Gasteiger partial charge in [-0.1, -0.05) is 35.3 Å². The summed E-state index contributed by atoms with van der Waals surface area (Å²) in [4.78, 5) is 17.3. The Hall–Kier alpha value is -2.26. The van der Waals surface area contributed by atoms with Crippen LogP contribution in [0.4, 0.5) is 4.39 Å². The zero-order valence-electron chi connectivity index (χ0n) is 16.4. The minimum Gasteiger partial charge on any atom is -0.339 e. The molecule has 0 N–H and O–H groups in total. The molecule has 1 aliphatic rings. The molecule has 0 saturated carbocycles. The average Bonchev–Trinajstić information content (AvgIpc) is 3.38. The Balaban J connectivity index is 1.72. The smallest absolute Gasteiger partial charge is 0.262 e. The zero-order valence-corrected chi connectivity index (χ0v) is 18.7. The van der Waals surface area contributed by atoms with E-state index in [1.807, 2.05) is 0 Å². The van der Waals surface area contributed by atoms with Crippen molar-refractivity contribution in [2.45, 2.75) is 10.9 Å². The van der Waals surface area contributed by atoms with Gasteiger partial charge in [-0.3, -0.25) is 4.79 Å². The van der Waals surface area contributed by atoms with E-state index in [0.29, 0.717) is 16.1 Å². The van der Waals surface area contributed by atoms with Gasteiger partial charge in [0.25, 0.3) is 10.0 Å². The number of imidazole rings is 1. The van der Waals surface area contributed by atoms with Crippen molar-refractivity contribution in [3.05, 3.63) is 82.0 Å². The number of Topliss-reactive ketones (excluding diaryl/α,β-unsaturated/α-hetero) is 1. The summed E-state index contributed by atoms with van der Waals surface area (Å²) >= 11 is 12.0. The third-order valence-electron chi connectivity index (χ3n) is 5.41. The molecule has 1 fully saturated rings. The van der Waals surface area contributed by atoms with Crippen molar-refractivity contribution in [2.24, 2.45) is 13.0 Å². The molecule has 1 aromatic heterocycles. The molecule has 1 saturated heterocycles. The van der Waals surface area contributed by atoms with E-state index in [1.165, 1.54) is 41.1 Å². The highest BCUT2D eigenvalue weighted by molar-refractivity contribution is 7.89. The maximum absolute atomic E-state index is 13.5. The fraction of sp³-hybridized carbons (Fsp3) is 0.238. The maximum atomic E-state index is 13.5. The third kappa shape index (κ3) is 4.25. The molecule has 0 bridgehead atoms. The summed E-state index contributed by atoms with van der Waals surface area (Å²) in [7, 11) is -2.23. The third-order valence-corrected chi connectivity index (χ3v) is 7.87. The molecular weight excluding hydrogens is 464 g/mol. The number of carbonyl (C=O) groups is 1. The number of ketones is 1. The van der Waals surface area contributed by atoms with Gasteiger partial charge >= 0.3 is 0 Å². The van der Waals surface area contributed by atoms with Gasteiger partial charge in [0.15, 0.2) is 10.8 Å². The fourth-order valence-corrected chi connectivity index (χ4v) is 5.55. The van der Waals surface area contributed by atoms with Crippen LogP contribution >= 0.6 is 23.2 Å². The van der Waals surface area contributed by atoms with Gasteiger partial charge in [-0.05, 0) is 35.9 Å². The maximum Gasteiger partial charge on any atom is 0.262 e. The van der Waals surface area contributed by atoms with Crippen LogP contribution in [-0.2, 0) is 17.1 Å². The summed E-state index contributed by atoms with van der Waals surface area (Å²) in [5.74, 6) is -1.80. The van der Waals surface area contributed by atoms with Gasteiger partial charge < -0.3 is 4.57 Å². The number of nitrogens with zero attached hydrogens (tertiary/aromatic N) is 3. The van der Waals surface area contributed by atoms with Gasteiger partial charge in [0, 0.05) is 43.7 Å². The van der Waals surface area contributed by atoms with Crippen molar-refractivity contribution in [3.63, 3.8) is 0 Å². The molecule has 162 valence electrons. The summed E-state index contributed by atoms with van der Waals surface area (Å²) in [5, 5.41) is 0.469. The fourth-order valence-electron chi connectivity index (χ4n) is 3.80. The van der Waals surface area contributed by atoms with E-state index in [1.54, 1.807) is 29.8 Å². The second-order valence-electron chi connectivity index (χ2n) is 7.46. The molecule has 0 aliphatic carbocycles. The number of rotatable bonds is 5. The number of hydrogen-bond acceptors (Lipinski definition) is 4. The quantitative estimate of drug-likeness (QED) is 0.513. The molecule has 4 rings (SSSR count). The van der Waals surface area contributed by atoms with E-state index in [0.717, 1.165) is 0 Å². The number of sulfonamides is 1. The largest absolute Gasteiger partial charge is 0.339 e. The molecule has 3 aromatic rings. The van der Waals surface area contributed by atoms with Gasteiger partial charge in [-0.25, -0.2) is 17.8 Å². The van der Waals surface area contributed by atoms with Gasteiger partial charge in [-0.2, -0.15) is 4.31 Å². The summed E-state index contributed by atoms with van der Waals surface area (Å²) in [5.41, 5.74) is 1.02. The van der Waals surface area contributed by atoms with Crippen LogP contribution in [0.5, 0.6) is 0 Å². The van der Waals surface area contributed by atoms with Crippen LogP contribution in [-0.4, -0.2) is 41.1 Å². The number of aryl methyl sites for hydroxylation is 1. The number of aromatic nitrogens is 2. The van der Waals surface area contributed by atoms with Crippen molar-refractivity contribution >= 4 is 39.0 Å². The Bertz CT molecular complexity index is 1250. The lowest BCUT2D eigenvalue weighted by Crippen LogP contribution is -2.30. The van der Waals surface area contributed by atoms with Gasteiger partial charge in [0.1, 0.15) is 5.82 Å². The van der Waals surface area contributed by atoms with Crippen molar-refractivity contribution in [2.75, 3.05) is 13.1 Å². The van der Waals surface area contributed by atoms with E-state index < -0.39 is 27.7 Å². The minimum atomic E-state index is -3.90. The predicted molar refractivity (Wildman–Crippen MR) is 115 cm³/mol. The highest BCUT2D eigenvalue weighted by Gasteiger charge is 2.44. The first-order valence-electron chi connectivity index (χ1n) is 9.39. The number of benzene rings is 2.